The molecule has 0 fully saturated rings. The first kappa shape index (κ1) is 13.5. The van der Waals surface area contributed by atoms with Gasteiger partial charge in [0.15, 0.2) is 0 Å². The zero-order valence-electron chi connectivity index (χ0n) is 10.7. The molecule has 0 aliphatic heterocycles. The Labute approximate surface area is 120 Å². The number of aromatic nitrogens is 1. The quantitative estimate of drug-likeness (QED) is 0.834. The van der Waals surface area contributed by atoms with E-state index in [4.69, 9.17) is 5.73 Å². The molecule has 19 heavy (non-hydrogen) atoms. The highest BCUT2D eigenvalue weighted by Crippen LogP contribution is 2.20. The zero-order chi connectivity index (χ0) is 14.0. The minimum absolute atomic E-state index is 0.254. The Morgan fingerprint density at radius 2 is 2.05 bits per heavy atom. The first-order valence-electron chi connectivity index (χ1n) is 5.77. The molecule has 0 saturated heterocycles. The van der Waals surface area contributed by atoms with Crippen LogP contribution in [-0.2, 0) is 0 Å². The van der Waals surface area contributed by atoms with E-state index in [1.165, 1.54) is 0 Å². The first-order chi connectivity index (χ1) is 8.99. The molecule has 1 heterocycles. The van der Waals surface area contributed by atoms with Gasteiger partial charge in [0, 0.05) is 16.4 Å². The number of para-hydroxylation sites is 1. The van der Waals surface area contributed by atoms with E-state index in [2.05, 4.69) is 26.2 Å². The number of nitrogen functional groups attached to an aromatic ring is 1. The van der Waals surface area contributed by atoms with E-state index in [1.54, 1.807) is 24.4 Å². The Kier molecular flexibility index (Phi) is 3.85. The Morgan fingerprint density at radius 3 is 2.74 bits per heavy atom. The van der Waals surface area contributed by atoms with Crippen molar-refractivity contribution < 1.29 is 4.79 Å². The van der Waals surface area contributed by atoms with Gasteiger partial charge in [0.1, 0.15) is 5.82 Å². The maximum Gasteiger partial charge on any atom is 0.258 e. The molecule has 5 heteroatoms. The standard InChI is InChI=1S/C14H14BrN3O/c1-8-4-3-5-10(13(8)16)14(19)18-12-6-9(2)11(15)7-17-12/h3-7H,16H2,1-2H3,(H,17,18,19). The molecule has 0 bridgehead atoms. The van der Waals surface area contributed by atoms with Crippen LogP contribution in [0.5, 0.6) is 0 Å². The van der Waals surface area contributed by atoms with Crippen LogP contribution in [-0.4, -0.2) is 10.9 Å². The van der Waals surface area contributed by atoms with Crippen LogP contribution in [0.4, 0.5) is 11.5 Å². The van der Waals surface area contributed by atoms with Crippen LogP contribution in [0.1, 0.15) is 21.5 Å². The van der Waals surface area contributed by atoms with Crippen molar-refractivity contribution in [3.8, 4) is 0 Å². The minimum Gasteiger partial charge on any atom is -0.398 e. The number of hydrogen-bond acceptors (Lipinski definition) is 3. The van der Waals surface area contributed by atoms with Crippen LogP contribution in [0.3, 0.4) is 0 Å². The highest BCUT2D eigenvalue weighted by Gasteiger charge is 2.12. The van der Waals surface area contributed by atoms with Gasteiger partial charge in [-0.3, -0.25) is 4.79 Å². The smallest absolute Gasteiger partial charge is 0.258 e. The largest absolute Gasteiger partial charge is 0.398 e. The second-order valence-electron chi connectivity index (χ2n) is 4.31. The number of amides is 1. The minimum atomic E-state index is -0.254. The number of rotatable bonds is 2. The normalized spacial score (nSPS) is 10.3. The van der Waals surface area contributed by atoms with Gasteiger partial charge in [0.05, 0.1) is 5.56 Å². The number of benzene rings is 1. The maximum absolute atomic E-state index is 12.1. The second-order valence-corrected chi connectivity index (χ2v) is 5.16. The number of nitrogens with one attached hydrogen (secondary N) is 1. The van der Waals surface area contributed by atoms with Crippen molar-refractivity contribution in [1.29, 1.82) is 0 Å². The number of carbonyl (C=O) groups is 1. The monoisotopic (exact) mass is 319 g/mol. The summed E-state index contributed by atoms with van der Waals surface area (Å²) in [6.45, 7) is 3.80. The number of hydrogen-bond donors (Lipinski definition) is 2. The summed E-state index contributed by atoms with van der Waals surface area (Å²) in [4.78, 5) is 16.3. The fourth-order valence-electron chi connectivity index (χ4n) is 1.67. The third-order valence-corrected chi connectivity index (χ3v) is 3.69. The molecule has 1 aromatic carbocycles. The van der Waals surface area contributed by atoms with Gasteiger partial charge in [-0.25, -0.2) is 4.98 Å². The van der Waals surface area contributed by atoms with Crippen LogP contribution in [0, 0.1) is 13.8 Å². The van der Waals surface area contributed by atoms with Gasteiger partial charge >= 0.3 is 0 Å². The van der Waals surface area contributed by atoms with E-state index in [0.29, 0.717) is 17.1 Å². The molecular weight excluding hydrogens is 306 g/mol. The van der Waals surface area contributed by atoms with Crippen LogP contribution < -0.4 is 11.1 Å². The highest BCUT2D eigenvalue weighted by molar-refractivity contribution is 9.10. The molecule has 98 valence electrons. The van der Waals surface area contributed by atoms with Gasteiger partial charge in [0.2, 0.25) is 0 Å². The van der Waals surface area contributed by atoms with Gasteiger partial charge in [-0.2, -0.15) is 0 Å². The van der Waals surface area contributed by atoms with Crippen LogP contribution in [0.15, 0.2) is 34.9 Å². The summed E-state index contributed by atoms with van der Waals surface area (Å²) in [5.74, 6) is 0.252. The Morgan fingerprint density at radius 1 is 1.32 bits per heavy atom. The molecule has 0 radical (unpaired) electrons. The molecular formula is C14H14BrN3O. The molecule has 0 saturated carbocycles. The second kappa shape index (κ2) is 5.40. The lowest BCUT2D eigenvalue weighted by Gasteiger charge is -2.09. The molecule has 4 nitrogen and oxygen atoms in total. The molecule has 3 N–H and O–H groups in total. The van der Waals surface area contributed by atoms with Crippen molar-refractivity contribution in [3.05, 3.63) is 51.6 Å². The molecule has 0 aliphatic carbocycles. The summed E-state index contributed by atoms with van der Waals surface area (Å²) in [6, 6.07) is 7.17. The lowest BCUT2D eigenvalue weighted by atomic mass is 10.1. The van der Waals surface area contributed by atoms with Crippen molar-refractivity contribution in [2.24, 2.45) is 0 Å². The molecule has 2 rings (SSSR count). The average molecular weight is 320 g/mol. The number of halogens is 1. The molecule has 1 amide bonds. The van der Waals surface area contributed by atoms with Gasteiger partial charge in [0.25, 0.3) is 5.91 Å². The topological polar surface area (TPSA) is 68.0 Å². The molecule has 0 unspecified atom stereocenters. The molecule has 2 aromatic rings. The molecule has 0 aliphatic rings. The summed E-state index contributed by atoms with van der Waals surface area (Å²) in [7, 11) is 0. The van der Waals surface area contributed by atoms with Crippen LogP contribution >= 0.6 is 15.9 Å². The Hall–Kier alpha value is -1.88. The van der Waals surface area contributed by atoms with Crippen molar-refractivity contribution in [2.75, 3.05) is 11.1 Å². The Balaban J connectivity index is 2.26. The summed E-state index contributed by atoms with van der Waals surface area (Å²) in [5, 5.41) is 2.74. The van der Waals surface area contributed by atoms with Gasteiger partial charge in [-0.15, -0.1) is 0 Å². The van der Waals surface area contributed by atoms with E-state index in [9.17, 15) is 4.79 Å². The van der Waals surface area contributed by atoms with Crippen LogP contribution in [0.25, 0.3) is 0 Å². The third kappa shape index (κ3) is 2.93. The van der Waals surface area contributed by atoms with Crippen molar-refractivity contribution in [2.45, 2.75) is 13.8 Å². The number of pyridine rings is 1. The average Bonchev–Trinajstić information content (AvgIpc) is 2.37. The van der Waals surface area contributed by atoms with E-state index in [0.717, 1.165) is 15.6 Å². The number of nitrogens with zero attached hydrogens (tertiary/aromatic N) is 1. The summed E-state index contributed by atoms with van der Waals surface area (Å²) in [6.07, 6.45) is 1.66. The maximum atomic E-state index is 12.1. The van der Waals surface area contributed by atoms with E-state index in [-0.39, 0.29) is 5.91 Å². The van der Waals surface area contributed by atoms with Crippen molar-refractivity contribution in [3.63, 3.8) is 0 Å². The number of aryl methyl sites for hydroxylation is 2. The van der Waals surface area contributed by atoms with E-state index in [1.807, 2.05) is 19.9 Å². The van der Waals surface area contributed by atoms with Gasteiger partial charge in [-0.05, 0) is 53.0 Å². The molecule has 1 aromatic heterocycles. The van der Waals surface area contributed by atoms with Crippen molar-refractivity contribution in [1.82, 2.24) is 4.98 Å². The first-order valence-corrected chi connectivity index (χ1v) is 6.57. The fraction of sp³-hybridized carbons (Fsp3) is 0.143. The van der Waals surface area contributed by atoms with E-state index >= 15 is 0 Å². The van der Waals surface area contributed by atoms with Gasteiger partial charge in [-0.1, -0.05) is 12.1 Å². The zero-order valence-corrected chi connectivity index (χ0v) is 12.3. The van der Waals surface area contributed by atoms with E-state index < -0.39 is 0 Å². The van der Waals surface area contributed by atoms with Crippen LogP contribution in [0.2, 0.25) is 0 Å². The predicted molar refractivity (Wildman–Crippen MR) is 80.2 cm³/mol. The molecule has 0 atom stereocenters. The van der Waals surface area contributed by atoms with Gasteiger partial charge < -0.3 is 11.1 Å². The predicted octanol–water partition coefficient (Wildman–Crippen LogP) is 3.30. The SMILES string of the molecule is Cc1cc(NC(=O)c2cccc(C)c2N)ncc1Br. The number of anilines is 2. The number of nitrogens with two attached hydrogens (primary N) is 1. The molecule has 0 spiro atoms. The lowest BCUT2D eigenvalue weighted by molar-refractivity contribution is 0.102. The Bertz CT molecular complexity index is 641. The fourth-order valence-corrected chi connectivity index (χ4v) is 1.89. The summed E-state index contributed by atoms with van der Waals surface area (Å²) < 4.78 is 0.903. The lowest BCUT2D eigenvalue weighted by Crippen LogP contribution is -2.15. The number of carbonyl (C=O) groups excluding carboxylic acids is 1. The highest BCUT2D eigenvalue weighted by atomic mass is 79.9. The summed E-state index contributed by atoms with van der Waals surface area (Å²) >= 11 is 3.37. The summed E-state index contributed by atoms with van der Waals surface area (Å²) in [5.41, 5.74) is 8.74. The third-order valence-electron chi connectivity index (χ3n) is 2.86. The van der Waals surface area contributed by atoms with Crippen molar-refractivity contribution >= 4 is 33.3 Å².